The first-order valence-corrected chi connectivity index (χ1v) is 10.3. The minimum Gasteiger partial charge on any atom is -0.368 e. The molecule has 11 heteroatoms. The summed E-state index contributed by atoms with van der Waals surface area (Å²) in [5.41, 5.74) is 4.35. The molecule has 0 aliphatic heterocycles. The predicted molar refractivity (Wildman–Crippen MR) is 118 cm³/mol. The van der Waals surface area contributed by atoms with Gasteiger partial charge in [0, 0.05) is 5.39 Å². The maximum Gasteiger partial charge on any atom is 0.273 e. The zero-order valence-corrected chi connectivity index (χ0v) is 18.8. The molecule has 0 radical (unpaired) electrons. The fraction of sp³-hybridized carbons (Fsp3) is 0.304. The van der Waals surface area contributed by atoms with Gasteiger partial charge in [-0.15, -0.1) is 0 Å². The number of rotatable bonds is 7. The molecule has 1 unspecified atom stereocenters. The first kappa shape index (κ1) is 24.7. The van der Waals surface area contributed by atoms with Crippen molar-refractivity contribution in [1.29, 1.82) is 0 Å². The van der Waals surface area contributed by atoms with Crippen LogP contribution in [0.15, 0.2) is 36.4 Å². The lowest BCUT2D eigenvalue weighted by atomic mass is 9.86. The number of halogens is 3. The number of nitrogens with two attached hydrogens (primary N) is 1. The summed E-state index contributed by atoms with van der Waals surface area (Å²) in [7, 11) is 0. The zero-order valence-electron chi connectivity index (χ0n) is 18.8. The van der Waals surface area contributed by atoms with Crippen molar-refractivity contribution < 1.29 is 27.6 Å². The van der Waals surface area contributed by atoms with Gasteiger partial charge >= 0.3 is 0 Å². The Morgan fingerprint density at radius 3 is 2.29 bits per heavy atom. The van der Waals surface area contributed by atoms with Gasteiger partial charge < -0.3 is 16.4 Å². The van der Waals surface area contributed by atoms with Crippen LogP contribution >= 0.6 is 0 Å². The molecule has 0 saturated carbocycles. The standard InChI is InChI=1S/C23H24F3N5O3/c1-23(2,3)20(22(34)28-10-16(27)32)29-21(33)18-14-8-9-15(25)17(26)19(14)31(30-18)11-12-4-6-13(24)7-5-12/h4-9,20H,10-11H2,1-3H3,(H2,27,32)(H,28,34)(H,29,33). The molecule has 2 aromatic carbocycles. The molecule has 1 aromatic heterocycles. The number of hydrogen-bond donors (Lipinski definition) is 3. The number of hydrogen-bond acceptors (Lipinski definition) is 4. The van der Waals surface area contributed by atoms with Crippen molar-refractivity contribution in [2.75, 3.05) is 6.54 Å². The number of nitrogens with zero attached hydrogens (tertiary/aromatic N) is 2. The Bertz CT molecular complexity index is 1250. The van der Waals surface area contributed by atoms with E-state index in [9.17, 15) is 27.6 Å². The van der Waals surface area contributed by atoms with Crippen molar-refractivity contribution in [3.05, 3.63) is 65.1 Å². The van der Waals surface area contributed by atoms with E-state index >= 15 is 0 Å². The van der Waals surface area contributed by atoms with Crippen molar-refractivity contribution in [2.45, 2.75) is 33.4 Å². The van der Waals surface area contributed by atoms with Crippen molar-refractivity contribution in [3.63, 3.8) is 0 Å². The summed E-state index contributed by atoms with van der Waals surface area (Å²) in [5, 5.41) is 9.12. The highest BCUT2D eigenvalue weighted by Gasteiger charge is 2.34. The average molecular weight is 475 g/mol. The molecule has 0 bridgehead atoms. The van der Waals surface area contributed by atoms with E-state index in [0.717, 1.165) is 10.7 Å². The second-order valence-electron chi connectivity index (χ2n) is 8.85. The summed E-state index contributed by atoms with van der Waals surface area (Å²) < 4.78 is 43.1. The van der Waals surface area contributed by atoms with Crippen molar-refractivity contribution in [2.24, 2.45) is 11.1 Å². The minimum absolute atomic E-state index is 0.0312. The summed E-state index contributed by atoms with van der Waals surface area (Å²) in [4.78, 5) is 36.8. The van der Waals surface area contributed by atoms with Gasteiger partial charge in [-0.1, -0.05) is 32.9 Å². The monoisotopic (exact) mass is 475 g/mol. The molecule has 3 amide bonds. The first-order chi connectivity index (χ1) is 15.9. The Morgan fingerprint density at radius 2 is 1.71 bits per heavy atom. The van der Waals surface area contributed by atoms with Crippen LogP contribution < -0.4 is 16.4 Å². The molecular formula is C23H24F3N5O3. The van der Waals surface area contributed by atoms with Crippen LogP contribution in [0.25, 0.3) is 10.9 Å². The lowest BCUT2D eigenvalue weighted by Crippen LogP contribution is -2.54. The van der Waals surface area contributed by atoms with Crippen LogP contribution in [0.1, 0.15) is 36.8 Å². The van der Waals surface area contributed by atoms with Crippen molar-refractivity contribution in [1.82, 2.24) is 20.4 Å². The van der Waals surface area contributed by atoms with Gasteiger partial charge in [-0.25, -0.2) is 13.2 Å². The molecule has 0 fully saturated rings. The Balaban J connectivity index is 2.00. The highest BCUT2D eigenvalue weighted by Crippen LogP contribution is 2.26. The maximum absolute atomic E-state index is 14.7. The predicted octanol–water partition coefficient (Wildman–Crippen LogP) is 2.25. The van der Waals surface area contributed by atoms with E-state index in [1.54, 1.807) is 20.8 Å². The van der Waals surface area contributed by atoms with Gasteiger partial charge in [0.25, 0.3) is 5.91 Å². The normalized spacial score (nSPS) is 12.4. The van der Waals surface area contributed by atoms with Crippen molar-refractivity contribution in [3.8, 4) is 0 Å². The number of nitrogens with one attached hydrogen (secondary N) is 2. The van der Waals surface area contributed by atoms with Gasteiger partial charge in [0.05, 0.1) is 13.1 Å². The van der Waals surface area contributed by atoms with Gasteiger partial charge in [-0.3, -0.25) is 19.1 Å². The molecule has 0 saturated heterocycles. The average Bonchev–Trinajstić information content (AvgIpc) is 3.12. The summed E-state index contributed by atoms with van der Waals surface area (Å²) in [6, 6.07) is 6.34. The summed E-state index contributed by atoms with van der Waals surface area (Å²) >= 11 is 0. The molecule has 3 rings (SSSR count). The SMILES string of the molecule is CC(C)(C)C(NC(=O)c1nn(Cc2ccc(F)cc2)c2c(F)c(F)ccc12)C(=O)NCC(N)=O. The first-order valence-electron chi connectivity index (χ1n) is 10.3. The molecule has 4 N–H and O–H groups in total. The molecule has 34 heavy (non-hydrogen) atoms. The molecule has 1 atom stereocenters. The van der Waals surface area contributed by atoms with Crippen LogP contribution in [0.4, 0.5) is 13.2 Å². The van der Waals surface area contributed by atoms with Gasteiger partial charge in [-0.05, 0) is 35.2 Å². The van der Waals surface area contributed by atoms with Crippen LogP contribution in [0.2, 0.25) is 0 Å². The van der Waals surface area contributed by atoms with Gasteiger partial charge in [-0.2, -0.15) is 5.10 Å². The third-order valence-corrected chi connectivity index (χ3v) is 5.10. The van der Waals surface area contributed by atoms with Gasteiger partial charge in [0.1, 0.15) is 17.4 Å². The van der Waals surface area contributed by atoms with Crippen LogP contribution in [0.3, 0.4) is 0 Å². The largest absolute Gasteiger partial charge is 0.368 e. The van der Waals surface area contributed by atoms with E-state index in [1.165, 1.54) is 30.3 Å². The molecule has 180 valence electrons. The van der Waals surface area contributed by atoms with Crippen LogP contribution in [-0.4, -0.2) is 40.1 Å². The number of primary amides is 1. The molecule has 0 spiro atoms. The minimum atomic E-state index is -1.20. The van der Waals surface area contributed by atoms with Crippen LogP contribution in [-0.2, 0) is 16.1 Å². The number of benzene rings is 2. The zero-order chi connectivity index (χ0) is 25.2. The number of carbonyl (C=O) groups is 3. The number of aromatic nitrogens is 2. The molecule has 0 aliphatic carbocycles. The second-order valence-corrected chi connectivity index (χ2v) is 8.85. The Hall–Kier alpha value is -3.89. The third-order valence-electron chi connectivity index (χ3n) is 5.10. The number of fused-ring (bicyclic) bond motifs is 1. The third kappa shape index (κ3) is 5.36. The van der Waals surface area contributed by atoms with E-state index in [-0.39, 0.29) is 23.1 Å². The lowest BCUT2D eigenvalue weighted by molar-refractivity contribution is -0.128. The molecule has 1 heterocycles. The number of amides is 3. The number of carbonyl (C=O) groups excluding carboxylic acids is 3. The highest BCUT2D eigenvalue weighted by molar-refractivity contribution is 6.06. The maximum atomic E-state index is 14.7. The summed E-state index contributed by atoms with van der Waals surface area (Å²) in [6.07, 6.45) is 0. The van der Waals surface area contributed by atoms with Crippen LogP contribution in [0, 0.1) is 22.9 Å². The quantitative estimate of drug-likeness (QED) is 0.486. The van der Waals surface area contributed by atoms with E-state index in [0.29, 0.717) is 5.56 Å². The smallest absolute Gasteiger partial charge is 0.273 e. The highest BCUT2D eigenvalue weighted by atomic mass is 19.2. The van der Waals surface area contributed by atoms with Crippen molar-refractivity contribution >= 4 is 28.6 Å². The van der Waals surface area contributed by atoms with E-state index in [1.807, 2.05) is 0 Å². The fourth-order valence-electron chi connectivity index (χ4n) is 3.40. The van der Waals surface area contributed by atoms with E-state index < -0.39 is 53.2 Å². The van der Waals surface area contributed by atoms with Gasteiger partial charge in [0.15, 0.2) is 17.3 Å². The Morgan fingerprint density at radius 1 is 1.06 bits per heavy atom. The topological polar surface area (TPSA) is 119 Å². The lowest BCUT2D eigenvalue weighted by Gasteiger charge is -2.30. The van der Waals surface area contributed by atoms with E-state index in [2.05, 4.69) is 15.7 Å². The second kappa shape index (κ2) is 9.54. The molecule has 8 nitrogen and oxygen atoms in total. The summed E-state index contributed by atoms with van der Waals surface area (Å²) in [6.45, 7) is 4.61. The fourth-order valence-corrected chi connectivity index (χ4v) is 3.40. The Kier molecular flexibility index (Phi) is 6.94. The molecule has 0 aliphatic rings. The van der Waals surface area contributed by atoms with Gasteiger partial charge in [0.2, 0.25) is 11.8 Å². The Labute approximate surface area is 193 Å². The van der Waals surface area contributed by atoms with E-state index in [4.69, 9.17) is 5.73 Å². The summed E-state index contributed by atoms with van der Waals surface area (Å²) in [5.74, 6) is -4.99. The van der Waals surface area contributed by atoms with Crippen LogP contribution in [0.5, 0.6) is 0 Å². The molecule has 3 aromatic rings. The molecular weight excluding hydrogens is 451 g/mol.